The van der Waals surface area contributed by atoms with Crippen LogP contribution in [0.5, 0.6) is 0 Å². The Balaban J connectivity index is 1.47. The summed E-state index contributed by atoms with van der Waals surface area (Å²) in [6.45, 7) is 0. The Labute approximate surface area is 141 Å². The number of hydrogen-bond donors (Lipinski definition) is 2. The van der Waals surface area contributed by atoms with Crippen LogP contribution < -0.4 is 11.5 Å². The van der Waals surface area contributed by atoms with E-state index in [4.69, 9.17) is 11.5 Å². The SMILES string of the molecule is Nc1ccc(SC2CCC(Sc3ccc(N)cc3)CC2)cc1. The highest BCUT2D eigenvalue weighted by Gasteiger charge is 2.22. The highest BCUT2D eigenvalue weighted by Crippen LogP contribution is 2.39. The lowest BCUT2D eigenvalue weighted by Crippen LogP contribution is -2.17. The first kappa shape index (κ1) is 15.6. The fraction of sp³-hybridized carbons (Fsp3) is 0.333. The Morgan fingerprint density at radius 3 is 1.23 bits per heavy atom. The fourth-order valence-corrected chi connectivity index (χ4v) is 5.12. The number of nitrogens with two attached hydrogens (primary N) is 2. The maximum absolute atomic E-state index is 5.74. The lowest BCUT2D eigenvalue weighted by Gasteiger charge is -2.27. The van der Waals surface area contributed by atoms with Crippen LogP contribution in [0.4, 0.5) is 11.4 Å². The van der Waals surface area contributed by atoms with Crippen molar-refractivity contribution in [3.8, 4) is 0 Å². The van der Waals surface area contributed by atoms with Gasteiger partial charge >= 0.3 is 0 Å². The van der Waals surface area contributed by atoms with Crippen molar-refractivity contribution in [3.63, 3.8) is 0 Å². The number of anilines is 2. The molecule has 1 saturated carbocycles. The van der Waals surface area contributed by atoms with Crippen molar-refractivity contribution in [3.05, 3.63) is 48.5 Å². The predicted octanol–water partition coefficient (Wildman–Crippen LogP) is 5.05. The lowest BCUT2D eigenvalue weighted by molar-refractivity contribution is 0.528. The van der Waals surface area contributed by atoms with Gasteiger partial charge in [-0.3, -0.25) is 0 Å². The summed E-state index contributed by atoms with van der Waals surface area (Å²) in [7, 11) is 0. The molecule has 4 heteroatoms. The molecule has 1 aliphatic carbocycles. The molecule has 0 bridgehead atoms. The Morgan fingerprint density at radius 2 is 0.909 bits per heavy atom. The molecule has 0 aliphatic heterocycles. The van der Waals surface area contributed by atoms with Crippen LogP contribution in [0, 0.1) is 0 Å². The first-order valence-corrected chi connectivity index (χ1v) is 9.49. The van der Waals surface area contributed by atoms with Gasteiger partial charge in [0.2, 0.25) is 0 Å². The zero-order chi connectivity index (χ0) is 15.4. The van der Waals surface area contributed by atoms with E-state index in [1.807, 2.05) is 47.8 Å². The van der Waals surface area contributed by atoms with E-state index in [-0.39, 0.29) is 0 Å². The van der Waals surface area contributed by atoms with Gasteiger partial charge in [0.25, 0.3) is 0 Å². The first-order chi connectivity index (χ1) is 10.7. The molecule has 4 N–H and O–H groups in total. The fourth-order valence-electron chi connectivity index (χ4n) is 2.75. The maximum Gasteiger partial charge on any atom is 0.0314 e. The summed E-state index contributed by atoms with van der Waals surface area (Å²) in [4.78, 5) is 2.67. The predicted molar refractivity (Wildman–Crippen MR) is 99.5 cm³/mol. The topological polar surface area (TPSA) is 52.0 Å². The minimum absolute atomic E-state index is 0.742. The molecule has 0 unspecified atom stereocenters. The van der Waals surface area contributed by atoms with Crippen LogP contribution in [0.15, 0.2) is 58.3 Å². The van der Waals surface area contributed by atoms with Crippen molar-refractivity contribution in [2.45, 2.75) is 46.0 Å². The maximum atomic E-state index is 5.74. The summed E-state index contributed by atoms with van der Waals surface area (Å²) in [6.07, 6.45) is 5.17. The second kappa shape index (κ2) is 7.34. The van der Waals surface area contributed by atoms with Gasteiger partial charge < -0.3 is 11.5 Å². The van der Waals surface area contributed by atoms with Crippen molar-refractivity contribution in [2.24, 2.45) is 0 Å². The summed E-state index contributed by atoms with van der Waals surface area (Å²) in [6, 6.07) is 16.5. The molecule has 0 saturated heterocycles. The Kier molecular flexibility index (Phi) is 5.21. The molecule has 0 atom stereocenters. The van der Waals surface area contributed by atoms with Crippen molar-refractivity contribution in [1.29, 1.82) is 0 Å². The molecular formula is C18H22N2S2. The standard InChI is InChI=1S/C18H22N2S2/c19-13-1-5-15(6-2-13)21-17-9-11-18(12-10-17)22-16-7-3-14(20)4-8-16/h1-8,17-18H,9-12,19-20H2. The van der Waals surface area contributed by atoms with Gasteiger partial charge in [0.05, 0.1) is 0 Å². The summed E-state index contributed by atoms with van der Waals surface area (Å²) >= 11 is 4.00. The monoisotopic (exact) mass is 330 g/mol. The summed E-state index contributed by atoms with van der Waals surface area (Å²) in [5.74, 6) is 0. The first-order valence-electron chi connectivity index (χ1n) is 7.73. The van der Waals surface area contributed by atoms with Gasteiger partial charge in [-0.15, -0.1) is 23.5 Å². The van der Waals surface area contributed by atoms with Crippen LogP contribution in [0.2, 0.25) is 0 Å². The number of hydrogen-bond acceptors (Lipinski definition) is 4. The number of nitrogen functional groups attached to an aromatic ring is 2. The second-order valence-electron chi connectivity index (χ2n) is 5.77. The van der Waals surface area contributed by atoms with E-state index in [0.29, 0.717) is 0 Å². The third kappa shape index (κ3) is 4.37. The van der Waals surface area contributed by atoms with E-state index in [1.165, 1.54) is 35.5 Å². The van der Waals surface area contributed by atoms with Crippen molar-refractivity contribution >= 4 is 34.9 Å². The summed E-state index contributed by atoms with van der Waals surface area (Å²) in [5.41, 5.74) is 13.2. The van der Waals surface area contributed by atoms with Gasteiger partial charge in [0.15, 0.2) is 0 Å². The Morgan fingerprint density at radius 1 is 0.591 bits per heavy atom. The second-order valence-corrected chi connectivity index (χ2v) is 8.52. The molecule has 116 valence electrons. The molecule has 0 radical (unpaired) electrons. The highest BCUT2D eigenvalue weighted by molar-refractivity contribution is 8.00. The smallest absolute Gasteiger partial charge is 0.0314 e. The normalized spacial score (nSPS) is 21.6. The van der Waals surface area contributed by atoms with Crippen molar-refractivity contribution < 1.29 is 0 Å². The average Bonchev–Trinajstić information content (AvgIpc) is 2.54. The zero-order valence-corrected chi connectivity index (χ0v) is 14.2. The minimum atomic E-state index is 0.742. The summed E-state index contributed by atoms with van der Waals surface area (Å²) in [5, 5.41) is 1.48. The Bertz CT molecular complexity index is 532. The third-order valence-electron chi connectivity index (χ3n) is 3.99. The molecule has 2 aromatic rings. The zero-order valence-electron chi connectivity index (χ0n) is 12.6. The van der Waals surface area contributed by atoms with Crippen LogP contribution in [0.3, 0.4) is 0 Å². The minimum Gasteiger partial charge on any atom is -0.399 e. The molecule has 22 heavy (non-hydrogen) atoms. The molecular weight excluding hydrogens is 308 g/mol. The van der Waals surface area contributed by atoms with Crippen LogP contribution in [-0.2, 0) is 0 Å². The average molecular weight is 331 g/mol. The van der Waals surface area contributed by atoms with Gasteiger partial charge in [-0.1, -0.05) is 0 Å². The van der Waals surface area contributed by atoms with Crippen molar-refractivity contribution in [2.75, 3.05) is 11.5 Å². The lowest BCUT2D eigenvalue weighted by atomic mass is 10.00. The van der Waals surface area contributed by atoms with E-state index in [9.17, 15) is 0 Å². The van der Waals surface area contributed by atoms with E-state index < -0.39 is 0 Å². The molecule has 0 heterocycles. The molecule has 0 amide bonds. The van der Waals surface area contributed by atoms with Gasteiger partial charge in [0, 0.05) is 31.7 Å². The van der Waals surface area contributed by atoms with E-state index in [0.717, 1.165) is 21.9 Å². The Hall–Kier alpha value is -1.26. The summed E-state index contributed by atoms with van der Waals surface area (Å²) < 4.78 is 0. The van der Waals surface area contributed by atoms with E-state index >= 15 is 0 Å². The van der Waals surface area contributed by atoms with Crippen LogP contribution in [0.25, 0.3) is 0 Å². The number of benzene rings is 2. The number of thioether (sulfide) groups is 2. The van der Waals surface area contributed by atoms with Gasteiger partial charge in [-0.05, 0) is 74.2 Å². The molecule has 1 fully saturated rings. The van der Waals surface area contributed by atoms with Gasteiger partial charge in [-0.25, -0.2) is 0 Å². The van der Waals surface area contributed by atoms with Crippen LogP contribution in [0.1, 0.15) is 25.7 Å². The van der Waals surface area contributed by atoms with Gasteiger partial charge in [0.1, 0.15) is 0 Å². The third-order valence-corrected chi connectivity index (χ3v) is 6.69. The number of rotatable bonds is 4. The van der Waals surface area contributed by atoms with Crippen LogP contribution >= 0.6 is 23.5 Å². The molecule has 2 nitrogen and oxygen atoms in total. The van der Waals surface area contributed by atoms with Crippen molar-refractivity contribution in [1.82, 2.24) is 0 Å². The van der Waals surface area contributed by atoms with Crippen LogP contribution in [-0.4, -0.2) is 10.5 Å². The van der Waals surface area contributed by atoms with E-state index in [1.54, 1.807) is 0 Å². The highest BCUT2D eigenvalue weighted by atomic mass is 32.2. The van der Waals surface area contributed by atoms with E-state index in [2.05, 4.69) is 24.3 Å². The molecule has 1 aliphatic rings. The molecule has 0 spiro atoms. The molecule has 0 aromatic heterocycles. The largest absolute Gasteiger partial charge is 0.399 e. The molecule has 3 rings (SSSR count). The van der Waals surface area contributed by atoms with Gasteiger partial charge in [-0.2, -0.15) is 0 Å². The quantitative estimate of drug-likeness (QED) is 0.771. The molecule has 2 aromatic carbocycles.